The van der Waals surface area contributed by atoms with E-state index >= 15 is 0 Å². The molecule has 0 unspecified atom stereocenters. The van der Waals surface area contributed by atoms with Crippen LogP contribution in [0.1, 0.15) is 0 Å². The predicted molar refractivity (Wildman–Crippen MR) is 105 cm³/mol. The maximum Gasteiger partial charge on any atom is 0.327 e. The number of benzene rings is 4. The van der Waals surface area contributed by atoms with Crippen LogP contribution in [0, 0.1) is 0 Å². The summed E-state index contributed by atoms with van der Waals surface area (Å²) in [6, 6.07) is 22.9. The Balaban J connectivity index is 0.000000447. The van der Waals surface area contributed by atoms with E-state index in [1.165, 1.54) is 7.11 Å². The molecule has 0 fully saturated rings. The van der Waals surface area contributed by atoms with Crippen LogP contribution >= 0.6 is 8.69 Å². The van der Waals surface area contributed by atoms with Crippen LogP contribution in [0.25, 0.3) is 32.7 Å². The van der Waals surface area contributed by atoms with Gasteiger partial charge in [-0.1, -0.05) is 60.7 Å². The average Bonchev–Trinajstić information content (AvgIpc) is 2.69. The molecule has 0 atom stereocenters. The van der Waals surface area contributed by atoms with Crippen LogP contribution in [0.4, 0.5) is 0 Å². The smallest absolute Gasteiger partial charge is 0.327 e. The molecule has 0 bridgehead atoms. The Labute approximate surface area is 152 Å². The van der Waals surface area contributed by atoms with Gasteiger partial charge in [0.15, 0.2) is 0 Å². The molecule has 26 heavy (non-hydrogen) atoms. The van der Waals surface area contributed by atoms with Crippen LogP contribution in [0.5, 0.6) is 11.5 Å². The molecule has 4 aromatic carbocycles. The number of phenolic OH excluding ortho intramolecular Hbond substituents is 2. The molecule has 0 saturated carbocycles. The van der Waals surface area contributed by atoms with Crippen molar-refractivity contribution in [3.05, 3.63) is 72.8 Å². The van der Waals surface area contributed by atoms with Crippen molar-refractivity contribution in [1.29, 1.82) is 0 Å². The van der Waals surface area contributed by atoms with Crippen LogP contribution in [-0.4, -0.2) is 17.3 Å². The lowest BCUT2D eigenvalue weighted by molar-refractivity contribution is 0.433. The van der Waals surface area contributed by atoms with Gasteiger partial charge in [0.05, 0.1) is 0 Å². The molecule has 0 aromatic heterocycles. The first-order valence-corrected chi connectivity index (χ1v) is 8.68. The van der Waals surface area contributed by atoms with Crippen molar-refractivity contribution in [1.82, 2.24) is 0 Å². The molecule has 0 aliphatic rings. The zero-order chi connectivity index (χ0) is 18.5. The maximum absolute atomic E-state index is 10.4. The van der Waals surface area contributed by atoms with E-state index in [1.54, 1.807) is 12.1 Å². The molecule has 0 aliphatic heterocycles. The Bertz CT molecular complexity index is 993. The molecule has 4 nitrogen and oxygen atoms in total. The second-order valence-electron chi connectivity index (χ2n) is 5.62. The summed E-state index contributed by atoms with van der Waals surface area (Å²) in [7, 11) is 1.10. The summed E-state index contributed by atoms with van der Waals surface area (Å²) in [5, 5.41) is 24.8. The van der Waals surface area contributed by atoms with Crippen LogP contribution in [-0.2, 0) is 9.09 Å². The number of aromatic hydroxyl groups is 2. The highest BCUT2D eigenvalue weighted by Gasteiger charge is 2.16. The lowest BCUT2D eigenvalue weighted by Crippen LogP contribution is -1.86. The van der Waals surface area contributed by atoms with Crippen molar-refractivity contribution in [3.8, 4) is 22.6 Å². The summed E-state index contributed by atoms with van der Waals surface area (Å²) in [5.74, 6) is 0.343. The summed E-state index contributed by atoms with van der Waals surface area (Å²) in [6.45, 7) is 0. The van der Waals surface area contributed by atoms with Gasteiger partial charge < -0.3 is 10.2 Å². The first-order chi connectivity index (χ1) is 12.7. The Morgan fingerprint density at radius 2 is 1.08 bits per heavy atom. The first kappa shape index (κ1) is 17.9. The van der Waals surface area contributed by atoms with Crippen molar-refractivity contribution in [3.63, 3.8) is 0 Å². The van der Waals surface area contributed by atoms with Gasteiger partial charge in [-0.05, 0) is 33.7 Å². The van der Waals surface area contributed by atoms with Crippen LogP contribution < -0.4 is 0 Å². The van der Waals surface area contributed by atoms with Crippen molar-refractivity contribution in [2.24, 2.45) is 0 Å². The molecule has 130 valence electrons. The van der Waals surface area contributed by atoms with E-state index < -0.39 is 0 Å². The quantitative estimate of drug-likeness (QED) is 0.434. The van der Waals surface area contributed by atoms with Crippen LogP contribution in [0.2, 0.25) is 0 Å². The zero-order valence-corrected chi connectivity index (χ0v) is 15.0. The molecular formula is C21H17O4P. The maximum atomic E-state index is 10.4. The first-order valence-electron chi connectivity index (χ1n) is 7.95. The largest absolute Gasteiger partial charge is 0.507 e. The minimum Gasteiger partial charge on any atom is -0.507 e. The summed E-state index contributed by atoms with van der Waals surface area (Å²) in [6.07, 6.45) is 0. The Hall–Kier alpha value is -2.94. The second-order valence-corrected chi connectivity index (χ2v) is 6.13. The number of phenols is 2. The van der Waals surface area contributed by atoms with Crippen LogP contribution in [0.3, 0.4) is 0 Å². The number of hydrogen-bond donors (Lipinski definition) is 2. The number of rotatable bonds is 2. The van der Waals surface area contributed by atoms with Gasteiger partial charge in [-0.2, -0.15) is 0 Å². The Morgan fingerprint density at radius 1 is 0.692 bits per heavy atom. The van der Waals surface area contributed by atoms with E-state index in [0.717, 1.165) is 21.5 Å². The van der Waals surface area contributed by atoms with E-state index in [1.807, 2.05) is 60.7 Å². The van der Waals surface area contributed by atoms with Gasteiger partial charge in [0.2, 0.25) is 0 Å². The molecule has 0 spiro atoms. The third-order valence-electron chi connectivity index (χ3n) is 4.14. The molecule has 0 radical (unpaired) electrons. The van der Waals surface area contributed by atoms with Gasteiger partial charge in [0, 0.05) is 18.2 Å². The molecule has 4 rings (SSSR count). The highest BCUT2D eigenvalue weighted by molar-refractivity contribution is 7.17. The van der Waals surface area contributed by atoms with E-state index in [2.05, 4.69) is 4.52 Å². The standard InChI is InChI=1S/C20H14O2.CH3O2P/c21-17-11-9-13-5-1-3-7-15(13)19(17)20-16-8-4-2-6-14(16)10-12-18(20)22;1-3-4-2/h1-12,21-22H;1H3. The molecule has 5 heteroatoms. The summed E-state index contributed by atoms with van der Waals surface area (Å²) >= 11 is 0. The second kappa shape index (κ2) is 7.96. The minimum atomic E-state index is -0.252. The molecule has 0 amide bonds. The average molecular weight is 364 g/mol. The van der Waals surface area contributed by atoms with E-state index in [0.29, 0.717) is 11.1 Å². The SMILES string of the molecule is COP=O.Oc1ccc2ccccc2c1-c1c(O)ccc2ccccc12. The zero-order valence-electron chi connectivity index (χ0n) is 14.1. The molecular weight excluding hydrogens is 347 g/mol. The predicted octanol–water partition coefficient (Wildman–Crippen LogP) is 5.91. The lowest BCUT2D eigenvalue weighted by Gasteiger charge is -2.14. The van der Waals surface area contributed by atoms with Crippen molar-refractivity contribution in [2.45, 2.75) is 0 Å². The lowest BCUT2D eigenvalue weighted by atomic mass is 9.92. The molecule has 0 saturated heterocycles. The third-order valence-corrected chi connectivity index (χ3v) is 4.29. The summed E-state index contributed by atoms with van der Waals surface area (Å²) in [4.78, 5) is 0. The van der Waals surface area contributed by atoms with Gasteiger partial charge in [-0.15, -0.1) is 0 Å². The van der Waals surface area contributed by atoms with Gasteiger partial charge in [0.25, 0.3) is 0 Å². The molecule has 4 aromatic rings. The molecule has 0 aliphatic carbocycles. The fourth-order valence-corrected chi connectivity index (χ4v) is 3.05. The van der Waals surface area contributed by atoms with E-state index in [4.69, 9.17) is 4.57 Å². The van der Waals surface area contributed by atoms with Gasteiger partial charge >= 0.3 is 8.69 Å². The normalized spacial score (nSPS) is 10.7. The third kappa shape index (κ3) is 3.38. The monoisotopic (exact) mass is 364 g/mol. The van der Waals surface area contributed by atoms with E-state index in [9.17, 15) is 10.2 Å². The minimum absolute atomic E-state index is 0.172. The number of fused-ring (bicyclic) bond motifs is 2. The highest BCUT2D eigenvalue weighted by atomic mass is 31.1. The molecule has 2 N–H and O–H groups in total. The van der Waals surface area contributed by atoms with Gasteiger partial charge in [-0.25, -0.2) is 4.57 Å². The van der Waals surface area contributed by atoms with E-state index in [-0.39, 0.29) is 20.2 Å². The highest BCUT2D eigenvalue weighted by Crippen LogP contribution is 2.44. The summed E-state index contributed by atoms with van der Waals surface area (Å²) < 4.78 is 13.0. The van der Waals surface area contributed by atoms with Crippen molar-refractivity contribution < 1.29 is 19.3 Å². The Kier molecular flexibility index (Phi) is 5.47. The molecule has 0 heterocycles. The fraction of sp³-hybridized carbons (Fsp3) is 0.0476. The van der Waals surface area contributed by atoms with Crippen LogP contribution in [0.15, 0.2) is 72.8 Å². The van der Waals surface area contributed by atoms with Gasteiger partial charge in [0.1, 0.15) is 11.5 Å². The number of hydrogen-bond acceptors (Lipinski definition) is 4. The summed E-state index contributed by atoms with van der Waals surface area (Å²) in [5.41, 5.74) is 1.35. The topological polar surface area (TPSA) is 66.8 Å². The fourth-order valence-electron chi connectivity index (χ4n) is 3.05. The van der Waals surface area contributed by atoms with Crippen molar-refractivity contribution in [2.75, 3.05) is 7.11 Å². The Morgan fingerprint density at radius 3 is 1.46 bits per heavy atom. The van der Waals surface area contributed by atoms with Gasteiger partial charge in [-0.3, -0.25) is 4.52 Å². The van der Waals surface area contributed by atoms with Crippen molar-refractivity contribution >= 4 is 30.2 Å².